The fourth-order valence-corrected chi connectivity index (χ4v) is 2.82. The van der Waals surface area contributed by atoms with Gasteiger partial charge in [0.2, 0.25) is 11.8 Å². The van der Waals surface area contributed by atoms with Gasteiger partial charge in [0.1, 0.15) is 0 Å². The van der Waals surface area contributed by atoms with Gasteiger partial charge in [-0.05, 0) is 37.1 Å². The normalized spacial score (nSPS) is 17.9. The van der Waals surface area contributed by atoms with Crippen molar-refractivity contribution < 1.29 is 19.1 Å². The van der Waals surface area contributed by atoms with Crippen LogP contribution in [0.25, 0.3) is 0 Å². The molecule has 1 aliphatic carbocycles. The molecule has 2 amide bonds. The molecule has 6 nitrogen and oxygen atoms in total. The summed E-state index contributed by atoms with van der Waals surface area (Å²) in [5, 5.41) is 5.59. The van der Waals surface area contributed by atoms with E-state index in [1.165, 1.54) is 7.11 Å². The summed E-state index contributed by atoms with van der Waals surface area (Å²) in [5.41, 5.74) is 2.38. The molecule has 0 spiro atoms. The third-order valence-electron chi connectivity index (χ3n) is 4.46. The van der Waals surface area contributed by atoms with Gasteiger partial charge in [0.05, 0.1) is 30.2 Å². The van der Waals surface area contributed by atoms with Crippen molar-refractivity contribution in [3.8, 4) is 0 Å². The molecule has 0 bridgehead atoms. The Morgan fingerprint density at radius 1 is 0.885 bits per heavy atom. The molecule has 2 atom stereocenters. The van der Waals surface area contributed by atoms with Crippen LogP contribution in [0.5, 0.6) is 0 Å². The second kappa shape index (κ2) is 7.39. The molecule has 134 valence electrons. The predicted molar refractivity (Wildman–Crippen MR) is 97.8 cm³/mol. The number of amides is 2. The Hall–Kier alpha value is -3.15. The van der Waals surface area contributed by atoms with Crippen LogP contribution < -0.4 is 10.6 Å². The standard InChI is InChI=1S/C20H20N2O4/c1-12-7-3-5-9-16(12)21-18(23)14-11-15(14)19(24)22-17-10-6-4-8-13(17)20(25)26-2/h3-10,14-15H,11H2,1-2H3,(H,21,23)(H,22,24). The highest BCUT2D eigenvalue weighted by molar-refractivity contribution is 6.06. The number of ether oxygens (including phenoxy) is 1. The number of carbonyl (C=O) groups excluding carboxylic acids is 3. The maximum Gasteiger partial charge on any atom is 0.339 e. The summed E-state index contributed by atoms with van der Waals surface area (Å²) in [6.07, 6.45) is 0.490. The molecule has 1 saturated carbocycles. The smallest absolute Gasteiger partial charge is 0.339 e. The number of hydrogen-bond acceptors (Lipinski definition) is 4. The largest absolute Gasteiger partial charge is 0.465 e. The minimum absolute atomic E-state index is 0.166. The lowest BCUT2D eigenvalue weighted by Crippen LogP contribution is -2.21. The average Bonchev–Trinajstić information content (AvgIpc) is 3.44. The zero-order valence-electron chi connectivity index (χ0n) is 14.6. The van der Waals surface area contributed by atoms with Gasteiger partial charge >= 0.3 is 5.97 Å². The molecule has 0 heterocycles. The zero-order chi connectivity index (χ0) is 18.7. The highest BCUT2D eigenvalue weighted by Crippen LogP contribution is 2.40. The van der Waals surface area contributed by atoms with Gasteiger partial charge in [-0.25, -0.2) is 4.79 Å². The lowest BCUT2D eigenvalue weighted by atomic mass is 10.1. The van der Waals surface area contributed by atoms with Crippen LogP contribution in [0.1, 0.15) is 22.3 Å². The van der Waals surface area contributed by atoms with Crippen molar-refractivity contribution in [2.75, 3.05) is 17.7 Å². The summed E-state index contributed by atoms with van der Waals surface area (Å²) in [4.78, 5) is 36.6. The van der Waals surface area contributed by atoms with E-state index < -0.39 is 11.9 Å². The van der Waals surface area contributed by atoms with E-state index in [-0.39, 0.29) is 23.3 Å². The van der Waals surface area contributed by atoms with Crippen molar-refractivity contribution in [2.24, 2.45) is 11.8 Å². The van der Waals surface area contributed by atoms with Crippen molar-refractivity contribution in [1.82, 2.24) is 0 Å². The first-order chi connectivity index (χ1) is 12.5. The van der Waals surface area contributed by atoms with Gasteiger partial charge in [-0.2, -0.15) is 0 Å². The Kier molecular flexibility index (Phi) is 5.02. The average molecular weight is 352 g/mol. The SMILES string of the molecule is COC(=O)c1ccccc1NC(=O)C1CC1C(=O)Nc1ccccc1C. The quantitative estimate of drug-likeness (QED) is 0.810. The van der Waals surface area contributed by atoms with Crippen LogP contribution in [0, 0.1) is 18.8 Å². The van der Waals surface area contributed by atoms with E-state index in [9.17, 15) is 14.4 Å². The summed E-state index contributed by atoms with van der Waals surface area (Å²) in [6, 6.07) is 14.1. The van der Waals surface area contributed by atoms with Gasteiger partial charge in [-0.15, -0.1) is 0 Å². The number of methoxy groups -OCH3 is 1. The van der Waals surface area contributed by atoms with Crippen molar-refractivity contribution in [3.05, 3.63) is 59.7 Å². The van der Waals surface area contributed by atoms with E-state index in [2.05, 4.69) is 10.6 Å². The summed E-state index contributed by atoms with van der Waals surface area (Å²) < 4.78 is 4.72. The van der Waals surface area contributed by atoms with Crippen LogP contribution in [0.2, 0.25) is 0 Å². The maximum atomic E-state index is 12.4. The zero-order valence-corrected chi connectivity index (χ0v) is 14.6. The summed E-state index contributed by atoms with van der Waals surface area (Å²) >= 11 is 0. The Morgan fingerprint density at radius 3 is 2.04 bits per heavy atom. The predicted octanol–water partition coefficient (Wildman–Crippen LogP) is 2.99. The van der Waals surface area contributed by atoms with Crippen LogP contribution >= 0.6 is 0 Å². The van der Waals surface area contributed by atoms with Gasteiger partial charge in [0.15, 0.2) is 0 Å². The Balaban J connectivity index is 1.62. The molecule has 0 saturated heterocycles. The van der Waals surface area contributed by atoms with E-state index in [4.69, 9.17) is 4.74 Å². The lowest BCUT2D eigenvalue weighted by molar-refractivity contribution is -0.122. The number of para-hydroxylation sites is 2. The minimum atomic E-state index is -0.523. The number of carbonyl (C=O) groups is 3. The summed E-state index contributed by atoms with van der Waals surface area (Å²) in [6.45, 7) is 1.91. The highest BCUT2D eigenvalue weighted by atomic mass is 16.5. The van der Waals surface area contributed by atoms with Gasteiger partial charge in [-0.3, -0.25) is 9.59 Å². The Bertz CT molecular complexity index is 862. The first kappa shape index (κ1) is 17.7. The fourth-order valence-electron chi connectivity index (χ4n) is 2.82. The van der Waals surface area contributed by atoms with Crippen LogP contribution in [0.4, 0.5) is 11.4 Å². The van der Waals surface area contributed by atoms with E-state index in [1.807, 2.05) is 31.2 Å². The van der Waals surface area contributed by atoms with Crippen molar-refractivity contribution in [2.45, 2.75) is 13.3 Å². The number of esters is 1. The molecular weight excluding hydrogens is 332 g/mol. The molecule has 3 rings (SSSR count). The Morgan fingerprint density at radius 2 is 1.42 bits per heavy atom. The lowest BCUT2D eigenvalue weighted by Gasteiger charge is -2.10. The van der Waals surface area contributed by atoms with Crippen LogP contribution in [0.15, 0.2) is 48.5 Å². The molecule has 0 aromatic heterocycles. The summed E-state index contributed by atoms with van der Waals surface area (Å²) in [5.74, 6) is -1.72. The van der Waals surface area contributed by atoms with Gasteiger partial charge in [-0.1, -0.05) is 30.3 Å². The first-order valence-electron chi connectivity index (χ1n) is 8.36. The topological polar surface area (TPSA) is 84.5 Å². The van der Waals surface area contributed by atoms with Crippen LogP contribution in [-0.2, 0) is 14.3 Å². The summed E-state index contributed by atoms with van der Waals surface area (Å²) in [7, 11) is 1.29. The highest BCUT2D eigenvalue weighted by Gasteiger charge is 2.48. The van der Waals surface area contributed by atoms with Crippen molar-refractivity contribution in [3.63, 3.8) is 0 Å². The number of anilines is 2. The molecule has 2 N–H and O–H groups in total. The molecular formula is C20H20N2O4. The first-order valence-corrected chi connectivity index (χ1v) is 8.36. The van der Waals surface area contributed by atoms with E-state index in [0.29, 0.717) is 12.1 Å². The van der Waals surface area contributed by atoms with Crippen LogP contribution in [-0.4, -0.2) is 24.9 Å². The molecule has 2 aromatic rings. The van der Waals surface area contributed by atoms with Crippen molar-refractivity contribution in [1.29, 1.82) is 0 Å². The van der Waals surface area contributed by atoms with E-state index in [1.54, 1.807) is 24.3 Å². The fraction of sp³-hybridized carbons (Fsp3) is 0.250. The number of nitrogens with one attached hydrogen (secondary N) is 2. The number of benzene rings is 2. The minimum Gasteiger partial charge on any atom is -0.465 e. The molecule has 1 fully saturated rings. The van der Waals surface area contributed by atoms with Gasteiger partial charge < -0.3 is 15.4 Å². The van der Waals surface area contributed by atoms with Gasteiger partial charge in [0.25, 0.3) is 0 Å². The second-order valence-corrected chi connectivity index (χ2v) is 6.28. The molecule has 26 heavy (non-hydrogen) atoms. The van der Waals surface area contributed by atoms with Crippen LogP contribution in [0.3, 0.4) is 0 Å². The van der Waals surface area contributed by atoms with E-state index in [0.717, 1.165) is 11.3 Å². The number of aryl methyl sites for hydroxylation is 1. The number of rotatable bonds is 5. The molecule has 0 aliphatic heterocycles. The second-order valence-electron chi connectivity index (χ2n) is 6.28. The third kappa shape index (κ3) is 3.74. The number of hydrogen-bond donors (Lipinski definition) is 2. The maximum absolute atomic E-state index is 12.4. The Labute approximate surface area is 151 Å². The van der Waals surface area contributed by atoms with Gasteiger partial charge in [0, 0.05) is 5.69 Å². The van der Waals surface area contributed by atoms with E-state index >= 15 is 0 Å². The van der Waals surface area contributed by atoms with Crippen molar-refractivity contribution >= 4 is 29.2 Å². The molecule has 1 aliphatic rings. The third-order valence-corrected chi connectivity index (χ3v) is 4.46. The monoisotopic (exact) mass is 352 g/mol. The molecule has 0 radical (unpaired) electrons. The molecule has 2 aromatic carbocycles. The molecule has 6 heteroatoms. The molecule has 2 unspecified atom stereocenters.